The smallest absolute Gasteiger partial charge is 0.216 e. The van der Waals surface area contributed by atoms with Crippen LogP contribution < -0.4 is 10.6 Å². The normalized spacial score (nSPS) is 16.4. The molecule has 0 radical (unpaired) electrons. The Labute approximate surface area is 188 Å². The number of hydrogen-bond donors (Lipinski definition) is 3. The maximum Gasteiger partial charge on any atom is 0.216 e. The molecule has 162 valence electrons. The molecule has 0 aromatic carbocycles. The molecule has 29 heavy (non-hydrogen) atoms. The fourth-order valence-electron chi connectivity index (χ4n) is 3.01. The molecule has 2 aromatic rings. The Bertz CT molecular complexity index is 875. The maximum atomic E-state index is 12.0. The van der Waals surface area contributed by atoms with Crippen LogP contribution in [0.25, 0.3) is 11.6 Å². The number of aliphatic imine (C=N–C) groups is 1. The lowest BCUT2D eigenvalue weighted by molar-refractivity contribution is 0.306. The van der Waals surface area contributed by atoms with Crippen molar-refractivity contribution in [3.63, 3.8) is 0 Å². The zero-order valence-corrected chi connectivity index (χ0v) is 19.7. The minimum Gasteiger partial charge on any atom is -0.461 e. The van der Waals surface area contributed by atoms with Crippen molar-refractivity contribution < 1.29 is 12.8 Å². The summed E-state index contributed by atoms with van der Waals surface area (Å²) in [5.74, 6) is 2.55. The predicted octanol–water partition coefficient (Wildman–Crippen LogP) is 1.55. The number of aromatic nitrogens is 3. The molecule has 0 bridgehead atoms. The fourth-order valence-corrected chi connectivity index (χ4v) is 4.14. The Hall–Kier alpha value is -1.67. The van der Waals surface area contributed by atoms with Gasteiger partial charge in [0.15, 0.2) is 11.7 Å². The van der Waals surface area contributed by atoms with Crippen molar-refractivity contribution in [1.29, 1.82) is 0 Å². The second kappa shape index (κ2) is 10.9. The molecule has 2 aromatic heterocycles. The number of piperidine rings is 1. The van der Waals surface area contributed by atoms with Crippen molar-refractivity contribution in [2.24, 2.45) is 4.99 Å². The van der Waals surface area contributed by atoms with Crippen molar-refractivity contribution in [3.8, 4) is 11.6 Å². The van der Waals surface area contributed by atoms with Gasteiger partial charge in [0, 0.05) is 25.7 Å². The summed E-state index contributed by atoms with van der Waals surface area (Å²) < 4.78 is 30.8. The molecule has 0 amide bonds. The van der Waals surface area contributed by atoms with Gasteiger partial charge in [0.1, 0.15) is 12.4 Å². The van der Waals surface area contributed by atoms with E-state index < -0.39 is 10.0 Å². The van der Waals surface area contributed by atoms with Crippen molar-refractivity contribution in [1.82, 2.24) is 30.1 Å². The van der Waals surface area contributed by atoms with Crippen molar-refractivity contribution >= 4 is 40.0 Å². The van der Waals surface area contributed by atoms with Crippen molar-refractivity contribution in [2.75, 3.05) is 25.4 Å². The van der Waals surface area contributed by atoms with Crippen LogP contribution in [0.1, 0.15) is 32.5 Å². The van der Waals surface area contributed by atoms with Gasteiger partial charge in [-0.2, -0.15) is 0 Å². The van der Waals surface area contributed by atoms with Gasteiger partial charge in [-0.1, -0.05) is 0 Å². The van der Waals surface area contributed by atoms with E-state index in [1.165, 1.54) is 0 Å². The summed E-state index contributed by atoms with van der Waals surface area (Å²) in [4.78, 5) is 8.94. The monoisotopic (exact) mass is 537 g/mol. The van der Waals surface area contributed by atoms with Crippen LogP contribution in [0.3, 0.4) is 0 Å². The number of nitrogens with zero attached hydrogens (tertiary/aromatic N) is 4. The van der Waals surface area contributed by atoms with Crippen LogP contribution in [0, 0.1) is 0 Å². The zero-order chi connectivity index (χ0) is 20.0. The van der Waals surface area contributed by atoms with E-state index in [1.54, 1.807) is 29.6 Å². The van der Waals surface area contributed by atoms with Gasteiger partial charge in [-0.3, -0.25) is 5.10 Å². The summed E-state index contributed by atoms with van der Waals surface area (Å²) in [6.07, 6.45) is 3.07. The highest BCUT2D eigenvalue weighted by atomic mass is 127. The summed E-state index contributed by atoms with van der Waals surface area (Å²) >= 11 is 0. The first-order chi connectivity index (χ1) is 13.5. The van der Waals surface area contributed by atoms with Crippen LogP contribution in [0.2, 0.25) is 0 Å². The zero-order valence-electron chi connectivity index (χ0n) is 16.6. The lowest BCUT2D eigenvalue weighted by Gasteiger charge is -2.32. The van der Waals surface area contributed by atoms with Crippen LogP contribution in [0.4, 0.5) is 0 Å². The maximum absolute atomic E-state index is 12.0. The number of furan rings is 1. The third kappa shape index (κ3) is 6.40. The van der Waals surface area contributed by atoms with E-state index in [0.717, 1.165) is 19.4 Å². The van der Waals surface area contributed by atoms with Gasteiger partial charge in [0.25, 0.3) is 0 Å². The Morgan fingerprint density at radius 2 is 2.14 bits per heavy atom. The van der Waals surface area contributed by atoms with Crippen molar-refractivity contribution in [2.45, 2.75) is 39.3 Å². The molecule has 10 nitrogen and oxygen atoms in total. The molecule has 1 saturated heterocycles. The van der Waals surface area contributed by atoms with E-state index in [-0.39, 0.29) is 35.8 Å². The van der Waals surface area contributed by atoms with E-state index in [2.05, 4.69) is 30.8 Å². The van der Waals surface area contributed by atoms with Crippen LogP contribution in [0.15, 0.2) is 27.8 Å². The average Bonchev–Trinajstić information content (AvgIpc) is 3.38. The first kappa shape index (κ1) is 23.6. The number of aromatic amines is 1. The molecule has 0 spiro atoms. The third-order valence-electron chi connectivity index (χ3n) is 4.56. The highest BCUT2D eigenvalue weighted by molar-refractivity contribution is 14.0. The van der Waals surface area contributed by atoms with E-state index in [4.69, 9.17) is 4.42 Å². The number of guanidine groups is 1. The van der Waals surface area contributed by atoms with E-state index in [9.17, 15) is 8.42 Å². The molecular weight excluding hydrogens is 509 g/mol. The molecule has 1 fully saturated rings. The Morgan fingerprint density at radius 1 is 1.38 bits per heavy atom. The minimum absolute atomic E-state index is 0. The third-order valence-corrected chi connectivity index (χ3v) is 6.44. The van der Waals surface area contributed by atoms with Crippen molar-refractivity contribution in [3.05, 3.63) is 24.2 Å². The second-order valence-electron chi connectivity index (χ2n) is 6.50. The lowest BCUT2D eigenvalue weighted by Crippen LogP contribution is -2.50. The standard InChI is InChI=1S/C17H27N7O3S.HI/c1-3-18-17(20-13-7-9-24(10-8-13)28(25,26)4-2)19-12-15-21-16(23-22-15)14-6-5-11-27-14;/h5-6,11,13H,3-4,7-10,12H2,1-2H3,(H2,18,19,20)(H,21,22,23);1H. The van der Waals surface area contributed by atoms with Gasteiger partial charge in [-0.15, -0.1) is 29.1 Å². The number of sulfonamides is 1. The van der Waals surface area contributed by atoms with E-state index in [1.807, 2.05) is 6.92 Å². The van der Waals surface area contributed by atoms with E-state index in [0.29, 0.717) is 43.0 Å². The van der Waals surface area contributed by atoms with Gasteiger partial charge >= 0.3 is 0 Å². The summed E-state index contributed by atoms with van der Waals surface area (Å²) in [5, 5.41) is 13.6. The molecule has 1 aliphatic heterocycles. The molecule has 3 rings (SSSR count). The Balaban J connectivity index is 0.00000300. The first-order valence-corrected chi connectivity index (χ1v) is 11.1. The first-order valence-electron chi connectivity index (χ1n) is 9.49. The summed E-state index contributed by atoms with van der Waals surface area (Å²) in [5.41, 5.74) is 0. The SMILES string of the molecule is CCNC(=NCc1nc(-c2ccco2)n[nH]1)NC1CCN(S(=O)(=O)CC)CC1.I. The van der Waals surface area contributed by atoms with Crippen LogP contribution in [0.5, 0.6) is 0 Å². The minimum atomic E-state index is -3.11. The average molecular weight is 537 g/mol. The van der Waals surface area contributed by atoms with Crippen LogP contribution in [-0.4, -0.2) is 65.3 Å². The molecule has 1 aliphatic rings. The summed E-state index contributed by atoms with van der Waals surface area (Å²) in [6, 6.07) is 3.76. The number of hydrogen-bond acceptors (Lipinski definition) is 6. The van der Waals surface area contributed by atoms with Gasteiger partial charge in [0.05, 0.1) is 12.0 Å². The topological polar surface area (TPSA) is 129 Å². The number of halogens is 1. The molecule has 3 N–H and O–H groups in total. The highest BCUT2D eigenvalue weighted by Gasteiger charge is 2.27. The van der Waals surface area contributed by atoms with Crippen LogP contribution >= 0.6 is 24.0 Å². The lowest BCUT2D eigenvalue weighted by atomic mass is 10.1. The molecule has 12 heteroatoms. The largest absolute Gasteiger partial charge is 0.461 e. The number of rotatable bonds is 7. The Morgan fingerprint density at radius 3 is 2.76 bits per heavy atom. The fraction of sp³-hybridized carbons (Fsp3) is 0.588. The number of nitrogens with one attached hydrogen (secondary N) is 3. The Kier molecular flexibility index (Phi) is 8.89. The predicted molar refractivity (Wildman–Crippen MR) is 122 cm³/mol. The van der Waals surface area contributed by atoms with Gasteiger partial charge in [0.2, 0.25) is 15.8 Å². The molecule has 3 heterocycles. The molecule has 0 atom stereocenters. The highest BCUT2D eigenvalue weighted by Crippen LogP contribution is 2.15. The van der Waals surface area contributed by atoms with Gasteiger partial charge in [-0.25, -0.2) is 22.7 Å². The second-order valence-corrected chi connectivity index (χ2v) is 8.75. The number of H-pyrrole nitrogens is 1. The summed E-state index contributed by atoms with van der Waals surface area (Å²) in [6.45, 7) is 5.80. The van der Waals surface area contributed by atoms with Gasteiger partial charge < -0.3 is 15.1 Å². The molecule has 0 unspecified atom stereocenters. The molecule has 0 aliphatic carbocycles. The van der Waals surface area contributed by atoms with Gasteiger partial charge in [-0.05, 0) is 38.8 Å². The summed E-state index contributed by atoms with van der Waals surface area (Å²) in [7, 11) is -3.11. The quantitative estimate of drug-likeness (QED) is 0.278. The molecular formula is C17H28IN7O3S. The molecule has 0 saturated carbocycles. The van der Waals surface area contributed by atoms with E-state index >= 15 is 0 Å². The van der Waals surface area contributed by atoms with Crippen LogP contribution in [-0.2, 0) is 16.6 Å².